The molecule has 0 unspecified atom stereocenters. The molecular formula is C13H24O4. The fraction of sp³-hybridized carbons (Fsp3) is 0.923. The van der Waals surface area contributed by atoms with Crippen LogP contribution in [0.5, 0.6) is 0 Å². The summed E-state index contributed by atoms with van der Waals surface area (Å²) in [5.41, 5.74) is 0. The third-order valence-electron chi connectivity index (χ3n) is 3.01. The quantitative estimate of drug-likeness (QED) is 0.552. The highest BCUT2D eigenvalue weighted by atomic mass is 16.6. The fourth-order valence-electron chi connectivity index (χ4n) is 1.96. The van der Waals surface area contributed by atoms with Gasteiger partial charge in [-0.1, -0.05) is 32.6 Å². The van der Waals surface area contributed by atoms with Crippen molar-refractivity contribution in [2.45, 2.75) is 70.7 Å². The van der Waals surface area contributed by atoms with E-state index in [-0.39, 0.29) is 5.97 Å². The molecular weight excluding hydrogens is 220 g/mol. The number of carbonyl (C=O) groups is 1. The van der Waals surface area contributed by atoms with E-state index in [1.165, 1.54) is 19.3 Å². The van der Waals surface area contributed by atoms with E-state index in [1.807, 2.05) is 0 Å². The molecule has 0 aromatic heterocycles. The van der Waals surface area contributed by atoms with Gasteiger partial charge in [-0.05, 0) is 19.3 Å². The van der Waals surface area contributed by atoms with Crippen LogP contribution in [0, 0.1) is 0 Å². The first-order valence-electron chi connectivity index (χ1n) is 6.73. The van der Waals surface area contributed by atoms with Crippen LogP contribution in [0.15, 0.2) is 0 Å². The van der Waals surface area contributed by atoms with Crippen LogP contribution in [0.3, 0.4) is 0 Å². The van der Waals surface area contributed by atoms with E-state index in [2.05, 4.69) is 6.92 Å². The van der Waals surface area contributed by atoms with E-state index in [0.717, 1.165) is 19.3 Å². The van der Waals surface area contributed by atoms with Crippen LogP contribution in [0.4, 0.5) is 0 Å². The minimum Gasteiger partial charge on any atom is -0.457 e. The highest BCUT2D eigenvalue weighted by Gasteiger charge is 2.26. The van der Waals surface area contributed by atoms with Gasteiger partial charge in [0.1, 0.15) is 0 Å². The Balaban J connectivity index is 2.07. The maximum absolute atomic E-state index is 11.5. The van der Waals surface area contributed by atoms with Crippen molar-refractivity contribution in [1.82, 2.24) is 0 Å². The van der Waals surface area contributed by atoms with Crippen LogP contribution in [-0.4, -0.2) is 30.1 Å². The Morgan fingerprint density at radius 1 is 1.35 bits per heavy atom. The van der Waals surface area contributed by atoms with Gasteiger partial charge >= 0.3 is 5.97 Å². The Hall–Kier alpha value is -0.610. The molecule has 1 aliphatic heterocycles. The second kappa shape index (κ2) is 8.48. The van der Waals surface area contributed by atoms with Crippen LogP contribution in [0.1, 0.15) is 58.3 Å². The molecule has 17 heavy (non-hydrogen) atoms. The maximum Gasteiger partial charge on any atom is 0.306 e. The predicted octanol–water partition coefficient (Wildman–Crippen LogP) is 2.39. The summed E-state index contributed by atoms with van der Waals surface area (Å²) >= 11 is 0. The van der Waals surface area contributed by atoms with Crippen LogP contribution >= 0.6 is 0 Å². The fourth-order valence-corrected chi connectivity index (χ4v) is 1.96. The van der Waals surface area contributed by atoms with Crippen molar-refractivity contribution in [2.75, 3.05) is 6.61 Å². The molecule has 0 radical (unpaired) electrons. The number of carbonyl (C=O) groups excluding carboxylic acids is 1. The zero-order chi connectivity index (χ0) is 12.5. The number of rotatable bonds is 7. The first-order chi connectivity index (χ1) is 8.24. The van der Waals surface area contributed by atoms with Gasteiger partial charge in [-0.3, -0.25) is 4.79 Å². The maximum atomic E-state index is 11.5. The Labute approximate surface area is 103 Å². The molecule has 1 rings (SSSR count). The molecule has 1 aliphatic rings. The minimum atomic E-state index is -0.937. The monoisotopic (exact) mass is 244 g/mol. The van der Waals surface area contributed by atoms with Gasteiger partial charge in [-0.25, -0.2) is 0 Å². The number of aliphatic hydroxyl groups excluding tert-OH is 1. The molecule has 1 saturated heterocycles. The smallest absolute Gasteiger partial charge is 0.306 e. The van der Waals surface area contributed by atoms with Gasteiger partial charge < -0.3 is 14.6 Å². The van der Waals surface area contributed by atoms with Gasteiger partial charge in [0.25, 0.3) is 0 Å². The summed E-state index contributed by atoms with van der Waals surface area (Å²) in [7, 11) is 0. The van der Waals surface area contributed by atoms with Crippen molar-refractivity contribution in [3.8, 4) is 0 Å². The summed E-state index contributed by atoms with van der Waals surface area (Å²) in [5.74, 6) is -0.212. The molecule has 0 aliphatic carbocycles. The number of aliphatic hydroxyl groups is 1. The topological polar surface area (TPSA) is 55.8 Å². The molecule has 0 bridgehead atoms. The standard InChI is InChI=1S/C13H24O4/c1-2-3-4-5-6-9-12(14)17-11-8-7-10-16-13(11)15/h11,13,15H,2-10H2,1H3/t11-,13-/m1/s1. The number of hydrogen-bond donors (Lipinski definition) is 1. The van der Waals surface area contributed by atoms with Crippen molar-refractivity contribution >= 4 is 5.97 Å². The van der Waals surface area contributed by atoms with Gasteiger partial charge in [-0.2, -0.15) is 0 Å². The third kappa shape index (κ3) is 6.03. The van der Waals surface area contributed by atoms with E-state index in [9.17, 15) is 9.90 Å². The predicted molar refractivity (Wildman–Crippen MR) is 64.4 cm³/mol. The lowest BCUT2D eigenvalue weighted by Gasteiger charge is -2.27. The van der Waals surface area contributed by atoms with Gasteiger partial charge in [0.15, 0.2) is 12.4 Å². The molecule has 0 aromatic rings. The van der Waals surface area contributed by atoms with Gasteiger partial charge in [0, 0.05) is 6.42 Å². The summed E-state index contributed by atoms with van der Waals surface area (Å²) in [5, 5.41) is 9.46. The van der Waals surface area contributed by atoms with E-state index in [0.29, 0.717) is 19.4 Å². The first kappa shape index (κ1) is 14.5. The zero-order valence-corrected chi connectivity index (χ0v) is 10.7. The molecule has 4 heteroatoms. The Bertz CT molecular complexity index is 217. The third-order valence-corrected chi connectivity index (χ3v) is 3.01. The second-order valence-corrected chi connectivity index (χ2v) is 4.60. The van der Waals surface area contributed by atoms with Crippen LogP contribution in [-0.2, 0) is 14.3 Å². The summed E-state index contributed by atoms with van der Waals surface area (Å²) in [6, 6.07) is 0. The van der Waals surface area contributed by atoms with Crippen molar-refractivity contribution in [3.63, 3.8) is 0 Å². The lowest BCUT2D eigenvalue weighted by Crippen LogP contribution is -2.37. The van der Waals surface area contributed by atoms with Gasteiger partial charge in [-0.15, -0.1) is 0 Å². The Kier molecular flexibility index (Phi) is 7.21. The molecule has 0 spiro atoms. The molecule has 1 N–H and O–H groups in total. The molecule has 0 aromatic carbocycles. The van der Waals surface area contributed by atoms with E-state index >= 15 is 0 Å². The van der Waals surface area contributed by atoms with Gasteiger partial charge in [0.05, 0.1) is 6.61 Å². The molecule has 0 amide bonds. The number of esters is 1. The minimum absolute atomic E-state index is 0.212. The zero-order valence-electron chi connectivity index (χ0n) is 10.7. The largest absolute Gasteiger partial charge is 0.457 e. The lowest BCUT2D eigenvalue weighted by atomic mass is 10.1. The number of ether oxygens (including phenoxy) is 2. The summed E-state index contributed by atoms with van der Waals surface area (Å²) in [6.45, 7) is 2.71. The van der Waals surface area contributed by atoms with Crippen molar-refractivity contribution in [1.29, 1.82) is 0 Å². The first-order valence-corrected chi connectivity index (χ1v) is 6.73. The van der Waals surface area contributed by atoms with E-state index in [4.69, 9.17) is 9.47 Å². The summed E-state index contributed by atoms with van der Waals surface area (Å²) in [6.07, 6.45) is 6.15. The van der Waals surface area contributed by atoms with Crippen molar-refractivity contribution < 1.29 is 19.4 Å². The Morgan fingerprint density at radius 3 is 2.82 bits per heavy atom. The van der Waals surface area contributed by atoms with Crippen LogP contribution in [0.25, 0.3) is 0 Å². The highest BCUT2D eigenvalue weighted by Crippen LogP contribution is 2.16. The molecule has 1 fully saturated rings. The van der Waals surface area contributed by atoms with E-state index < -0.39 is 12.4 Å². The average Bonchev–Trinajstić information content (AvgIpc) is 2.32. The molecule has 0 saturated carbocycles. The number of unbranched alkanes of at least 4 members (excludes halogenated alkanes) is 4. The van der Waals surface area contributed by atoms with Crippen molar-refractivity contribution in [3.05, 3.63) is 0 Å². The number of hydrogen-bond acceptors (Lipinski definition) is 4. The summed E-state index contributed by atoms with van der Waals surface area (Å²) in [4.78, 5) is 11.5. The second-order valence-electron chi connectivity index (χ2n) is 4.60. The Morgan fingerprint density at radius 2 is 2.12 bits per heavy atom. The highest BCUT2D eigenvalue weighted by molar-refractivity contribution is 5.69. The molecule has 4 nitrogen and oxygen atoms in total. The molecule has 100 valence electrons. The lowest BCUT2D eigenvalue weighted by molar-refractivity contribution is -0.206. The average molecular weight is 244 g/mol. The summed E-state index contributed by atoms with van der Waals surface area (Å²) < 4.78 is 10.2. The molecule has 2 atom stereocenters. The van der Waals surface area contributed by atoms with E-state index in [1.54, 1.807) is 0 Å². The molecule has 1 heterocycles. The SMILES string of the molecule is CCCCCCCC(=O)O[C@@H]1CCCO[C@H]1O. The van der Waals surface area contributed by atoms with Crippen LogP contribution < -0.4 is 0 Å². The van der Waals surface area contributed by atoms with Gasteiger partial charge in [0.2, 0.25) is 0 Å². The normalized spacial score (nSPS) is 24.6. The van der Waals surface area contributed by atoms with Crippen LogP contribution in [0.2, 0.25) is 0 Å². The van der Waals surface area contributed by atoms with Crippen molar-refractivity contribution in [2.24, 2.45) is 0 Å².